The first kappa shape index (κ1) is 17.7. The summed E-state index contributed by atoms with van der Waals surface area (Å²) >= 11 is 1.26. The average Bonchev–Trinajstić information content (AvgIpc) is 2.51. The van der Waals surface area contributed by atoms with Crippen LogP contribution in [0.15, 0.2) is 18.2 Å². The van der Waals surface area contributed by atoms with E-state index in [9.17, 15) is 18.4 Å². The van der Waals surface area contributed by atoms with Crippen LogP contribution in [0.3, 0.4) is 0 Å². The topological polar surface area (TPSA) is 49.4 Å². The Labute approximate surface area is 138 Å². The second-order valence-corrected chi connectivity index (χ2v) is 6.57. The zero-order chi connectivity index (χ0) is 16.8. The molecule has 0 aromatic heterocycles. The van der Waals surface area contributed by atoms with Gasteiger partial charge in [-0.1, -0.05) is 12.1 Å². The third kappa shape index (κ3) is 5.20. The molecule has 1 aromatic carbocycles. The third-order valence-corrected chi connectivity index (χ3v) is 4.66. The summed E-state index contributed by atoms with van der Waals surface area (Å²) in [5.41, 5.74) is 0.262. The average molecular weight is 342 g/mol. The zero-order valence-corrected chi connectivity index (χ0v) is 13.8. The van der Waals surface area contributed by atoms with Crippen LogP contribution < -0.4 is 5.32 Å². The molecule has 0 bridgehead atoms. The summed E-state index contributed by atoms with van der Waals surface area (Å²) < 4.78 is 26.6. The maximum atomic E-state index is 13.5. The van der Waals surface area contributed by atoms with Crippen molar-refractivity contribution >= 4 is 23.6 Å². The van der Waals surface area contributed by atoms with Gasteiger partial charge in [0, 0.05) is 37.4 Å². The van der Waals surface area contributed by atoms with E-state index in [0.717, 1.165) is 18.9 Å². The van der Waals surface area contributed by atoms with Crippen molar-refractivity contribution in [2.75, 3.05) is 18.8 Å². The lowest BCUT2D eigenvalue weighted by Crippen LogP contribution is -2.49. The SMILES string of the molecule is CC(=O)NC1CCCN(C(=O)CSCc2cccc(F)c2F)C1. The number of hydrogen-bond acceptors (Lipinski definition) is 3. The van der Waals surface area contributed by atoms with E-state index in [-0.39, 0.29) is 34.9 Å². The number of likely N-dealkylation sites (tertiary alicyclic amines) is 1. The smallest absolute Gasteiger partial charge is 0.232 e. The highest BCUT2D eigenvalue weighted by Crippen LogP contribution is 2.19. The van der Waals surface area contributed by atoms with Crippen LogP contribution in [0.1, 0.15) is 25.3 Å². The van der Waals surface area contributed by atoms with E-state index < -0.39 is 11.6 Å². The molecule has 2 rings (SSSR count). The highest BCUT2D eigenvalue weighted by Gasteiger charge is 2.23. The summed E-state index contributed by atoms with van der Waals surface area (Å²) in [6, 6.07) is 4.04. The number of hydrogen-bond donors (Lipinski definition) is 1. The normalized spacial score (nSPS) is 17.9. The number of carbonyl (C=O) groups is 2. The van der Waals surface area contributed by atoms with Crippen molar-refractivity contribution < 1.29 is 18.4 Å². The van der Waals surface area contributed by atoms with Crippen molar-refractivity contribution in [1.29, 1.82) is 0 Å². The van der Waals surface area contributed by atoms with Crippen molar-refractivity contribution in [3.63, 3.8) is 0 Å². The number of rotatable bonds is 5. The molecule has 0 saturated carbocycles. The molecule has 1 unspecified atom stereocenters. The molecule has 1 aliphatic heterocycles. The number of nitrogens with zero attached hydrogens (tertiary/aromatic N) is 1. The van der Waals surface area contributed by atoms with Gasteiger partial charge in [-0.3, -0.25) is 9.59 Å². The maximum Gasteiger partial charge on any atom is 0.232 e. The summed E-state index contributed by atoms with van der Waals surface area (Å²) in [5, 5.41) is 2.83. The predicted octanol–water partition coefficient (Wildman–Crippen LogP) is 2.33. The molecule has 1 saturated heterocycles. The maximum absolute atomic E-state index is 13.5. The van der Waals surface area contributed by atoms with E-state index in [1.165, 1.54) is 30.8 Å². The number of benzene rings is 1. The lowest BCUT2D eigenvalue weighted by atomic mass is 10.1. The van der Waals surface area contributed by atoms with Crippen LogP contribution in [0.5, 0.6) is 0 Å². The van der Waals surface area contributed by atoms with Gasteiger partial charge in [-0.15, -0.1) is 11.8 Å². The number of thioether (sulfide) groups is 1. The fraction of sp³-hybridized carbons (Fsp3) is 0.500. The van der Waals surface area contributed by atoms with Crippen molar-refractivity contribution in [2.45, 2.75) is 31.6 Å². The molecule has 0 aliphatic carbocycles. The number of halogens is 2. The Kier molecular flexibility index (Phi) is 6.38. The Hall–Kier alpha value is -1.63. The summed E-state index contributed by atoms with van der Waals surface area (Å²) in [6.07, 6.45) is 1.71. The Morgan fingerprint density at radius 1 is 1.39 bits per heavy atom. The molecular weight excluding hydrogens is 322 g/mol. The first-order chi connectivity index (χ1) is 11.0. The highest BCUT2D eigenvalue weighted by molar-refractivity contribution is 7.99. The van der Waals surface area contributed by atoms with Gasteiger partial charge < -0.3 is 10.2 Å². The van der Waals surface area contributed by atoms with Gasteiger partial charge in [-0.2, -0.15) is 0 Å². The molecule has 2 amide bonds. The van der Waals surface area contributed by atoms with Gasteiger partial charge in [0.2, 0.25) is 11.8 Å². The molecule has 4 nitrogen and oxygen atoms in total. The monoisotopic (exact) mass is 342 g/mol. The van der Waals surface area contributed by atoms with E-state index in [1.54, 1.807) is 4.90 Å². The standard InChI is InChI=1S/C16H20F2N2O2S/c1-11(21)19-13-5-3-7-20(8-13)15(22)10-23-9-12-4-2-6-14(17)16(12)18/h2,4,6,13H,3,5,7-10H2,1H3,(H,19,21). The molecular formula is C16H20F2N2O2S. The van der Waals surface area contributed by atoms with Crippen molar-refractivity contribution in [3.05, 3.63) is 35.4 Å². The van der Waals surface area contributed by atoms with Crippen LogP contribution in [0.25, 0.3) is 0 Å². The highest BCUT2D eigenvalue weighted by atomic mass is 32.2. The van der Waals surface area contributed by atoms with Gasteiger partial charge in [0.1, 0.15) is 0 Å². The summed E-state index contributed by atoms with van der Waals surface area (Å²) in [6.45, 7) is 2.64. The lowest BCUT2D eigenvalue weighted by Gasteiger charge is -2.33. The van der Waals surface area contributed by atoms with E-state index in [0.29, 0.717) is 13.1 Å². The van der Waals surface area contributed by atoms with Crippen molar-refractivity contribution in [1.82, 2.24) is 10.2 Å². The second kappa shape index (κ2) is 8.29. The molecule has 1 heterocycles. The Balaban J connectivity index is 1.80. The number of carbonyl (C=O) groups excluding carboxylic acids is 2. The minimum atomic E-state index is -0.872. The largest absolute Gasteiger partial charge is 0.352 e. The first-order valence-corrected chi connectivity index (χ1v) is 8.68. The molecule has 0 spiro atoms. The van der Waals surface area contributed by atoms with Crippen LogP contribution in [0, 0.1) is 11.6 Å². The number of amides is 2. The molecule has 1 atom stereocenters. The van der Waals surface area contributed by atoms with Gasteiger partial charge in [0.15, 0.2) is 11.6 Å². The lowest BCUT2D eigenvalue weighted by molar-refractivity contribution is -0.130. The minimum absolute atomic E-state index is 0.00383. The minimum Gasteiger partial charge on any atom is -0.352 e. The summed E-state index contributed by atoms with van der Waals surface area (Å²) in [7, 11) is 0. The van der Waals surface area contributed by atoms with Gasteiger partial charge >= 0.3 is 0 Å². The Morgan fingerprint density at radius 3 is 2.91 bits per heavy atom. The third-order valence-electron chi connectivity index (χ3n) is 3.70. The zero-order valence-electron chi connectivity index (χ0n) is 13.0. The molecule has 0 radical (unpaired) electrons. The van der Waals surface area contributed by atoms with Gasteiger partial charge in [0.05, 0.1) is 5.75 Å². The molecule has 23 heavy (non-hydrogen) atoms. The van der Waals surface area contributed by atoms with Crippen molar-refractivity contribution in [2.24, 2.45) is 0 Å². The van der Waals surface area contributed by atoms with Gasteiger partial charge in [-0.05, 0) is 18.9 Å². The van der Waals surface area contributed by atoms with E-state index in [1.807, 2.05) is 0 Å². The Bertz CT molecular complexity index is 583. The van der Waals surface area contributed by atoms with Crippen LogP contribution in [-0.2, 0) is 15.3 Å². The van der Waals surface area contributed by atoms with Crippen LogP contribution in [0.4, 0.5) is 8.78 Å². The van der Waals surface area contributed by atoms with E-state index in [2.05, 4.69) is 5.32 Å². The fourth-order valence-electron chi connectivity index (χ4n) is 2.61. The fourth-order valence-corrected chi connectivity index (χ4v) is 3.51. The van der Waals surface area contributed by atoms with Crippen LogP contribution >= 0.6 is 11.8 Å². The van der Waals surface area contributed by atoms with Gasteiger partial charge in [0.25, 0.3) is 0 Å². The Morgan fingerprint density at radius 2 is 2.17 bits per heavy atom. The summed E-state index contributed by atoms with van der Waals surface area (Å²) in [4.78, 5) is 25.0. The van der Waals surface area contributed by atoms with E-state index >= 15 is 0 Å². The molecule has 126 valence electrons. The molecule has 1 aliphatic rings. The molecule has 1 N–H and O–H groups in total. The number of piperidine rings is 1. The van der Waals surface area contributed by atoms with Crippen molar-refractivity contribution in [3.8, 4) is 0 Å². The van der Waals surface area contributed by atoms with E-state index in [4.69, 9.17) is 0 Å². The van der Waals surface area contributed by atoms with Crippen LogP contribution in [0.2, 0.25) is 0 Å². The summed E-state index contributed by atoms with van der Waals surface area (Å²) in [5.74, 6) is -1.40. The molecule has 7 heteroatoms. The molecule has 1 aromatic rings. The second-order valence-electron chi connectivity index (χ2n) is 5.59. The molecule has 1 fully saturated rings. The number of nitrogens with one attached hydrogen (secondary N) is 1. The quantitative estimate of drug-likeness (QED) is 0.893. The predicted molar refractivity (Wildman–Crippen MR) is 85.9 cm³/mol. The van der Waals surface area contributed by atoms with Gasteiger partial charge in [-0.25, -0.2) is 8.78 Å². The first-order valence-electron chi connectivity index (χ1n) is 7.53. The van der Waals surface area contributed by atoms with Crippen LogP contribution in [-0.4, -0.2) is 41.6 Å².